The second-order valence-electron chi connectivity index (χ2n) is 7.72. The van der Waals surface area contributed by atoms with Crippen LogP contribution in [-0.2, 0) is 24.2 Å². The molecule has 0 saturated heterocycles. The third-order valence-corrected chi connectivity index (χ3v) is 4.35. The van der Waals surface area contributed by atoms with Crippen molar-refractivity contribution in [1.29, 1.82) is 5.26 Å². The Hall–Kier alpha value is -3.08. The van der Waals surface area contributed by atoms with Crippen LogP contribution in [0.4, 0.5) is 9.18 Å². The molecule has 0 atom stereocenters. The van der Waals surface area contributed by atoms with Gasteiger partial charge in [0.1, 0.15) is 28.8 Å². The number of hydrogen-bond acceptors (Lipinski definition) is 5. The number of aromatic nitrogens is 2. The largest absolute Gasteiger partial charge is 0.495 e. The molecule has 1 aromatic carbocycles. The van der Waals surface area contributed by atoms with E-state index >= 15 is 0 Å². The molecule has 7 nitrogen and oxygen atoms in total. The number of carbonyl (C=O) groups is 1. The molecule has 0 spiro atoms. The Morgan fingerprint density at radius 2 is 2.14 bits per heavy atom. The molecule has 148 valence electrons. The fraction of sp³-hybridized carbons (Fsp3) is 0.450. The Labute approximate surface area is 163 Å². The monoisotopic (exact) mass is 386 g/mol. The van der Waals surface area contributed by atoms with E-state index < -0.39 is 11.4 Å². The van der Waals surface area contributed by atoms with Crippen molar-refractivity contribution < 1.29 is 18.7 Å². The number of benzene rings is 1. The number of amides is 1. The summed E-state index contributed by atoms with van der Waals surface area (Å²) in [4.78, 5) is 13.9. The lowest BCUT2D eigenvalue weighted by Crippen LogP contribution is -2.39. The highest BCUT2D eigenvalue weighted by Gasteiger charge is 2.27. The van der Waals surface area contributed by atoms with Gasteiger partial charge in [0, 0.05) is 24.7 Å². The van der Waals surface area contributed by atoms with Crippen LogP contribution in [0.25, 0.3) is 0 Å². The first kappa shape index (κ1) is 19.7. The Bertz CT molecular complexity index is 940. The molecular weight excluding hydrogens is 363 g/mol. The van der Waals surface area contributed by atoms with Gasteiger partial charge in [0.2, 0.25) is 0 Å². The summed E-state index contributed by atoms with van der Waals surface area (Å²) in [5.74, 6) is -0.421. The topological polar surface area (TPSA) is 80.4 Å². The minimum atomic E-state index is -0.620. The molecule has 1 aliphatic heterocycles. The van der Waals surface area contributed by atoms with Gasteiger partial charge < -0.3 is 14.4 Å². The van der Waals surface area contributed by atoms with Crippen molar-refractivity contribution in [1.82, 2.24) is 14.7 Å². The highest BCUT2D eigenvalue weighted by molar-refractivity contribution is 5.68. The Morgan fingerprint density at radius 1 is 1.39 bits per heavy atom. The summed E-state index contributed by atoms with van der Waals surface area (Å²) in [5.41, 5.74) is 1.84. The zero-order chi connectivity index (χ0) is 20.5. The fourth-order valence-corrected chi connectivity index (χ4v) is 3.12. The van der Waals surface area contributed by atoms with Gasteiger partial charge in [-0.3, -0.25) is 4.68 Å². The predicted molar refractivity (Wildman–Crippen MR) is 99.3 cm³/mol. The predicted octanol–water partition coefficient (Wildman–Crippen LogP) is 3.24. The standard InChI is InChI=1S/C20H23FN4O3/c1-20(2,3)28-19(26)24-6-5-17-14(11-24)12-25(23-17)10-13-7-16(21)15(9-22)18(8-13)27-4/h7-8,12H,5-6,10-11H2,1-4H3. The molecule has 0 N–H and O–H groups in total. The van der Waals surface area contributed by atoms with Crippen LogP contribution in [0.3, 0.4) is 0 Å². The van der Waals surface area contributed by atoms with E-state index in [2.05, 4.69) is 5.10 Å². The highest BCUT2D eigenvalue weighted by Crippen LogP contribution is 2.25. The summed E-state index contributed by atoms with van der Waals surface area (Å²) < 4.78 is 26.4. The molecule has 0 bridgehead atoms. The van der Waals surface area contributed by atoms with E-state index in [4.69, 9.17) is 14.7 Å². The molecular formula is C20H23FN4O3. The number of halogens is 1. The minimum Gasteiger partial charge on any atom is -0.495 e. The van der Waals surface area contributed by atoms with E-state index in [9.17, 15) is 9.18 Å². The van der Waals surface area contributed by atoms with Crippen LogP contribution in [0.15, 0.2) is 18.3 Å². The van der Waals surface area contributed by atoms with Crippen LogP contribution in [0.2, 0.25) is 0 Å². The van der Waals surface area contributed by atoms with Crippen LogP contribution in [0, 0.1) is 17.1 Å². The molecule has 0 aliphatic carbocycles. The average molecular weight is 386 g/mol. The third-order valence-electron chi connectivity index (χ3n) is 4.35. The van der Waals surface area contributed by atoms with Crippen LogP contribution < -0.4 is 4.74 Å². The molecule has 2 heterocycles. The minimum absolute atomic E-state index is 0.112. The van der Waals surface area contributed by atoms with Crippen LogP contribution in [0.5, 0.6) is 5.75 Å². The normalized spacial score (nSPS) is 13.6. The quantitative estimate of drug-likeness (QED) is 0.809. The van der Waals surface area contributed by atoms with Crippen molar-refractivity contribution in [2.24, 2.45) is 0 Å². The van der Waals surface area contributed by atoms with Gasteiger partial charge in [-0.2, -0.15) is 10.4 Å². The molecule has 0 radical (unpaired) electrons. The first-order valence-electron chi connectivity index (χ1n) is 9.00. The number of ether oxygens (including phenoxy) is 2. The fourth-order valence-electron chi connectivity index (χ4n) is 3.12. The molecule has 0 saturated carbocycles. The number of nitriles is 1. The zero-order valence-electron chi connectivity index (χ0n) is 16.5. The molecule has 8 heteroatoms. The van der Waals surface area contributed by atoms with E-state index in [0.29, 0.717) is 31.6 Å². The number of fused-ring (bicyclic) bond motifs is 1. The van der Waals surface area contributed by atoms with Gasteiger partial charge in [0.05, 0.1) is 25.9 Å². The first-order valence-corrected chi connectivity index (χ1v) is 9.00. The van der Waals surface area contributed by atoms with Gasteiger partial charge in [-0.05, 0) is 38.5 Å². The lowest BCUT2D eigenvalue weighted by molar-refractivity contribution is 0.0223. The maximum Gasteiger partial charge on any atom is 0.410 e. The van der Waals surface area contributed by atoms with E-state index in [1.165, 1.54) is 13.2 Å². The summed E-state index contributed by atoms with van der Waals surface area (Å²) >= 11 is 0. The van der Waals surface area contributed by atoms with E-state index in [1.807, 2.05) is 27.0 Å². The molecule has 3 rings (SSSR count). The molecule has 28 heavy (non-hydrogen) atoms. The first-order chi connectivity index (χ1) is 13.2. The van der Waals surface area contributed by atoms with Crippen molar-refractivity contribution in [3.8, 4) is 11.8 Å². The lowest BCUT2D eigenvalue weighted by Gasteiger charge is -2.29. The molecule has 1 aromatic heterocycles. The molecule has 0 unspecified atom stereocenters. The zero-order valence-corrected chi connectivity index (χ0v) is 16.5. The number of rotatable bonds is 3. The Kier molecular flexibility index (Phi) is 5.27. The molecule has 2 aromatic rings. The SMILES string of the molecule is COc1cc(Cn2cc3c(n2)CCN(C(=O)OC(C)(C)C)C3)cc(F)c1C#N. The average Bonchev–Trinajstić information content (AvgIpc) is 3.00. The van der Waals surface area contributed by atoms with Crippen molar-refractivity contribution in [3.63, 3.8) is 0 Å². The Morgan fingerprint density at radius 3 is 2.79 bits per heavy atom. The smallest absolute Gasteiger partial charge is 0.410 e. The highest BCUT2D eigenvalue weighted by atomic mass is 19.1. The van der Waals surface area contributed by atoms with E-state index in [0.717, 1.165) is 11.3 Å². The Balaban J connectivity index is 1.76. The van der Waals surface area contributed by atoms with Gasteiger partial charge in [-0.25, -0.2) is 9.18 Å². The van der Waals surface area contributed by atoms with Crippen molar-refractivity contribution in [3.05, 3.63) is 46.5 Å². The second kappa shape index (κ2) is 7.50. The van der Waals surface area contributed by atoms with Gasteiger partial charge >= 0.3 is 6.09 Å². The van der Waals surface area contributed by atoms with Crippen LogP contribution in [0.1, 0.15) is 43.2 Å². The summed E-state index contributed by atoms with van der Waals surface area (Å²) in [6, 6.07) is 4.75. The lowest BCUT2D eigenvalue weighted by atomic mass is 10.1. The van der Waals surface area contributed by atoms with Crippen LogP contribution in [-0.4, -0.2) is 40.0 Å². The summed E-state index contributed by atoms with van der Waals surface area (Å²) in [5, 5.41) is 13.6. The van der Waals surface area contributed by atoms with Gasteiger partial charge in [-0.15, -0.1) is 0 Å². The summed E-state index contributed by atoms with van der Waals surface area (Å²) in [6.07, 6.45) is 2.14. The molecule has 1 aliphatic rings. The molecule has 1 amide bonds. The number of hydrogen-bond donors (Lipinski definition) is 0. The maximum atomic E-state index is 14.1. The third kappa shape index (κ3) is 4.25. The van der Waals surface area contributed by atoms with Gasteiger partial charge in [-0.1, -0.05) is 0 Å². The number of nitrogens with zero attached hydrogens (tertiary/aromatic N) is 4. The molecule has 0 fully saturated rings. The summed E-state index contributed by atoms with van der Waals surface area (Å²) in [7, 11) is 1.40. The number of methoxy groups -OCH3 is 1. The van der Waals surface area contributed by atoms with E-state index in [-0.39, 0.29) is 17.4 Å². The maximum absolute atomic E-state index is 14.1. The van der Waals surface area contributed by atoms with Gasteiger partial charge in [0.15, 0.2) is 0 Å². The number of carbonyl (C=O) groups excluding carboxylic acids is 1. The van der Waals surface area contributed by atoms with Crippen molar-refractivity contribution in [2.45, 2.75) is 45.9 Å². The van der Waals surface area contributed by atoms with E-state index in [1.54, 1.807) is 21.7 Å². The van der Waals surface area contributed by atoms with Crippen molar-refractivity contribution >= 4 is 6.09 Å². The van der Waals surface area contributed by atoms with Crippen molar-refractivity contribution in [2.75, 3.05) is 13.7 Å². The van der Waals surface area contributed by atoms with Gasteiger partial charge in [0.25, 0.3) is 0 Å². The summed E-state index contributed by atoms with van der Waals surface area (Å²) in [6.45, 7) is 6.81. The van der Waals surface area contributed by atoms with Crippen LogP contribution >= 0.6 is 0 Å². The second-order valence-corrected chi connectivity index (χ2v) is 7.72.